The maximum atomic E-state index is 10.8. The standard InChI is InChI=1S/C14H15NO3S/c1-8-3-4-10(15)7-13(8)19-9(2)11-5-6-12(18-11)14(16)17/h3-7,9H,15H2,1-2H3,(H,16,17). The maximum absolute atomic E-state index is 10.8. The number of aryl methyl sites for hydroxylation is 1. The van der Waals surface area contributed by atoms with Crippen molar-refractivity contribution in [1.29, 1.82) is 0 Å². The Bertz CT molecular complexity index is 606. The van der Waals surface area contributed by atoms with Crippen molar-refractivity contribution >= 4 is 23.4 Å². The topological polar surface area (TPSA) is 76.5 Å². The number of carbonyl (C=O) groups is 1. The highest BCUT2D eigenvalue weighted by molar-refractivity contribution is 7.99. The third-order valence-electron chi connectivity index (χ3n) is 2.75. The number of hydrogen-bond donors (Lipinski definition) is 2. The van der Waals surface area contributed by atoms with Gasteiger partial charge in [-0.15, -0.1) is 11.8 Å². The van der Waals surface area contributed by atoms with Crippen molar-refractivity contribution < 1.29 is 14.3 Å². The fourth-order valence-electron chi connectivity index (χ4n) is 1.68. The Kier molecular flexibility index (Phi) is 3.85. The molecule has 19 heavy (non-hydrogen) atoms. The van der Waals surface area contributed by atoms with Gasteiger partial charge in [-0.25, -0.2) is 4.79 Å². The summed E-state index contributed by atoms with van der Waals surface area (Å²) in [5, 5.41) is 8.85. The molecule has 0 bridgehead atoms. The summed E-state index contributed by atoms with van der Waals surface area (Å²) in [6, 6.07) is 8.91. The van der Waals surface area contributed by atoms with E-state index in [9.17, 15) is 4.79 Å². The molecule has 5 heteroatoms. The lowest BCUT2D eigenvalue weighted by molar-refractivity contribution is 0.0660. The summed E-state index contributed by atoms with van der Waals surface area (Å²) in [6.07, 6.45) is 0. The van der Waals surface area contributed by atoms with Gasteiger partial charge in [0.25, 0.3) is 0 Å². The maximum Gasteiger partial charge on any atom is 0.371 e. The van der Waals surface area contributed by atoms with Gasteiger partial charge < -0.3 is 15.3 Å². The highest BCUT2D eigenvalue weighted by Crippen LogP contribution is 2.37. The van der Waals surface area contributed by atoms with E-state index in [1.807, 2.05) is 32.0 Å². The minimum absolute atomic E-state index is 0.0219. The zero-order chi connectivity index (χ0) is 14.0. The van der Waals surface area contributed by atoms with E-state index in [0.29, 0.717) is 11.4 Å². The summed E-state index contributed by atoms with van der Waals surface area (Å²) in [5.41, 5.74) is 7.62. The predicted molar refractivity (Wildman–Crippen MR) is 75.5 cm³/mol. The number of thioether (sulfide) groups is 1. The first kappa shape index (κ1) is 13.5. The van der Waals surface area contributed by atoms with Crippen LogP contribution in [0.1, 0.15) is 34.1 Å². The van der Waals surface area contributed by atoms with Crippen LogP contribution >= 0.6 is 11.8 Å². The van der Waals surface area contributed by atoms with E-state index < -0.39 is 5.97 Å². The molecule has 1 heterocycles. The molecule has 0 aliphatic carbocycles. The van der Waals surface area contributed by atoms with Crippen molar-refractivity contribution in [3.63, 3.8) is 0 Å². The molecule has 0 radical (unpaired) electrons. The molecule has 0 aliphatic heterocycles. The van der Waals surface area contributed by atoms with Crippen LogP contribution in [-0.4, -0.2) is 11.1 Å². The molecule has 1 aromatic carbocycles. The molecule has 1 unspecified atom stereocenters. The van der Waals surface area contributed by atoms with Crippen LogP contribution in [0, 0.1) is 6.92 Å². The lowest BCUT2D eigenvalue weighted by Crippen LogP contribution is -1.93. The van der Waals surface area contributed by atoms with Gasteiger partial charge in [0.2, 0.25) is 5.76 Å². The lowest BCUT2D eigenvalue weighted by atomic mass is 10.2. The molecule has 1 atom stereocenters. The second kappa shape index (κ2) is 5.40. The molecule has 0 spiro atoms. The van der Waals surface area contributed by atoms with Crippen LogP contribution in [-0.2, 0) is 0 Å². The molecule has 0 saturated heterocycles. The average molecular weight is 277 g/mol. The van der Waals surface area contributed by atoms with E-state index >= 15 is 0 Å². The fourth-order valence-corrected chi connectivity index (χ4v) is 2.76. The van der Waals surface area contributed by atoms with Crippen LogP contribution in [0.2, 0.25) is 0 Å². The van der Waals surface area contributed by atoms with Crippen molar-refractivity contribution in [1.82, 2.24) is 0 Å². The number of hydrogen-bond acceptors (Lipinski definition) is 4. The van der Waals surface area contributed by atoms with Gasteiger partial charge in [-0.05, 0) is 43.7 Å². The quantitative estimate of drug-likeness (QED) is 0.658. The first-order valence-corrected chi connectivity index (χ1v) is 6.71. The number of aromatic carboxylic acids is 1. The van der Waals surface area contributed by atoms with E-state index in [1.165, 1.54) is 6.07 Å². The van der Waals surface area contributed by atoms with Crippen molar-refractivity contribution in [3.05, 3.63) is 47.4 Å². The molecular formula is C14H15NO3S. The third kappa shape index (κ3) is 3.12. The summed E-state index contributed by atoms with van der Waals surface area (Å²) in [4.78, 5) is 11.8. The summed E-state index contributed by atoms with van der Waals surface area (Å²) in [6.45, 7) is 3.98. The molecule has 0 saturated carbocycles. The Morgan fingerprint density at radius 2 is 2.11 bits per heavy atom. The van der Waals surface area contributed by atoms with Gasteiger partial charge in [-0.1, -0.05) is 6.07 Å². The molecule has 1 aromatic heterocycles. The Balaban J connectivity index is 2.17. The zero-order valence-corrected chi connectivity index (χ0v) is 11.5. The molecule has 2 rings (SSSR count). The normalized spacial score (nSPS) is 12.3. The highest BCUT2D eigenvalue weighted by atomic mass is 32.2. The number of furan rings is 1. The Labute approximate surface area is 115 Å². The SMILES string of the molecule is Cc1ccc(N)cc1SC(C)c1ccc(C(=O)O)o1. The summed E-state index contributed by atoms with van der Waals surface area (Å²) >= 11 is 1.60. The summed E-state index contributed by atoms with van der Waals surface area (Å²) in [5.74, 6) is -0.445. The monoisotopic (exact) mass is 277 g/mol. The second-order valence-electron chi connectivity index (χ2n) is 4.29. The predicted octanol–water partition coefficient (Wildman–Crippen LogP) is 3.72. The molecule has 100 valence electrons. The van der Waals surface area contributed by atoms with Crippen LogP contribution in [0.15, 0.2) is 39.6 Å². The second-order valence-corrected chi connectivity index (χ2v) is 5.67. The molecule has 0 fully saturated rings. The van der Waals surface area contributed by atoms with E-state index in [0.717, 1.165) is 10.5 Å². The number of carboxylic acid groups (broad SMARTS) is 1. The number of rotatable bonds is 4. The zero-order valence-electron chi connectivity index (χ0n) is 10.7. The Morgan fingerprint density at radius 3 is 2.74 bits per heavy atom. The molecule has 4 nitrogen and oxygen atoms in total. The molecule has 2 aromatic rings. The van der Waals surface area contributed by atoms with Gasteiger partial charge in [0.1, 0.15) is 5.76 Å². The fraction of sp³-hybridized carbons (Fsp3) is 0.214. The van der Waals surface area contributed by atoms with E-state index in [2.05, 4.69) is 0 Å². The molecule has 0 amide bonds. The van der Waals surface area contributed by atoms with E-state index in [4.69, 9.17) is 15.3 Å². The molecular weight excluding hydrogens is 262 g/mol. The van der Waals surface area contributed by atoms with Crippen LogP contribution in [0.3, 0.4) is 0 Å². The molecule has 3 N–H and O–H groups in total. The number of nitrogens with two attached hydrogens (primary N) is 1. The van der Waals surface area contributed by atoms with Gasteiger partial charge in [-0.3, -0.25) is 0 Å². The van der Waals surface area contributed by atoms with Crippen molar-refractivity contribution in [2.75, 3.05) is 5.73 Å². The van der Waals surface area contributed by atoms with Crippen LogP contribution in [0.5, 0.6) is 0 Å². The van der Waals surface area contributed by atoms with Crippen LogP contribution in [0.4, 0.5) is 5.69 Å². The van der Waals surface area contributed by atoms with Gasteiger partial charge in [0.15, 0.2) is 0 Å². The minimum Gasteiger partial charge on any atom is -0.475 e. The Morgan fingerprint density at radius 1 is 1.37 bits per heavy atom. The average Bonchev–Trinajstić information content (AvgIpc) is 2.83. The smallest absolute Gasteiger partial charge is 0.371 e. The third-order valence-corrected chi connectivity index (χ3v) is 4.03. The molecule has 0 aliphatic rings. The van der Waals surface area contributed by atoms with Crippen LogP contribution < -0.4 is 5.73 Å². The lowest BCUT2D eigenvalue weighted by Gasteiger charge is -2.11. The van der Waals surface area contributed by atoms with E-state index in [-0.39, 0.29) is 11.0 Å². The van der Waals surface area contributed by atoms with Gasteiger partial charge >= 0.3 is 5.97 Å². The number of benzene rings is 1. The first-order chi connectivity index (χ1) is 8.97. The number of anilines is 1. The Hall–Kier alpha value is -1.88. The van der Waals surface area contributed by atoms with Gasteiger partial charge in [0, 0.05) is 10.6 Å². The number of nitrogen functional groups attached to an aromatic ring is 1. The van der Waals surface area contributed by atoms with E-state index in [1.54, 1.807) is 17.8 Å². The first-order valence-electron chi connectivity index (χ1n) is 5.83. The minimum atomic E-state index is -1.05. The van der Waals surface area contributed by atoms with Gasteiger partial charge in [0.05, 0.1) is 5.25 Å². The van der Waals surface area contributed by atoms with Crippen molar-refractivity contribution in [3.8, 4) is 0 Å². The summed E-state index contributed by atoms with van der Waals surface area (Å²) < 4.78 is 5.30. The van der Waals surface area contributed by atoms with Gasteiger partial charge in [-0.2, -0.15) is 0 Å². The van der Waals surface area contributed by atoms with Crippen LogP contribution in [0.25, 0.3) is 0 Å². The largest absolute Gasteiger partial charge is 0.475 e. The van der Waals surface area contributed by atoms with Crippen molar-refractivity contribution in [2.24, 2.45) is 0 Å². The highest BCUT2D eigenvalue weighted by Gasteiger charge is 2.16. The number of carboxylic acids is 1. The van der Waals surface area contributed by atoms with Crippen molar-refractivity contribution in [2.45, 2.75) is 24.0 Å². The summed E-state index contributed by atoms with van der Waals surface area (Å²) in [7, 11) is 0.